The van der Waals surface area contributed by atoms with E-state index >= 15 is 0 Å². The minimum absolute atomic E-state index is 0.162. The van der Waals surface area contributed by atoms with Gasteiger partial charge in [0.15, 0.2) is 17.3 Å². The van der Waals surface area contributed by atoms with E-state index in [4.69, 9.17) is 13.9 Å². The Labute approximate surface area is 172 Å². The van der Waals surface area contributed by atoms with E-state index in [0.717, 1.165) is 23.3 Å². The predicted octanol–water partition coefficient (Wildman–Crippen LogP) is 1.32. The van der Waals surface area contributed by atoms with Crippen LogP contribution in [0.15, 0.2) is 28.7 Å². The van der Waals surface area contributed by atoms with Crippen molar-refractivity contribution in [3.8, 4) is 11.5 Å². The first-order valence-electron chi connectivity index (χ1n) is 8.99. The number of fused-ring (bicyclic) bond motifs is 1. The van der Waals surface area contributed by atoms with Crippen LogP contribution in [-0.4, -0.2) is 56.6 Å². The first kappa shape index (κ1) is 21.6. The average Bonchev–Trinajstić information content (AvgIpc) is 3.22. The van der Waals surface area contributed by atoms with Crippen LogP contribution < -0.4 is 14.8 Å². The number of methoxy groups -OCH3 is 2. The summed E-state index contributed by atoms with van der Waals surface area (Å²) >= 11 is 0. The van der Waals surface area contributed by atoms with Crippen LogP contribution in [0, 0.1) is 10.1 Å². The zero-order valence-electron chi connectivity index (χ0n) is 16.4. The molecule has 0 bridgehead atoms. The number of hydrogen-bond donors (Lipinski definition) is 1. The summed E-state index contributed by atoms with van der Waals surface area (Å²) in [7, 11) is -0.587. The second-order valence-corrected chi connectivity index (χ2v) is 8.61. The number of rotatable bonds is 8. The molecule has 1 aromatic carbocycles. The van der Waals surface area contributed by atoms with E-state index in [9.17, 15) is 23.3 Å². The van der Waals surface area contributed by atoms with Gasteiger partial charge in [0.05, 0.1) is 26.0 Å². The topological polar surface area (TPSA) is 141 Å². The van der Waals surface area contributed by atoms with Crippen LogP contribution in [-0.2, 0) is 23.0 Å². The molecule has 1 amide bonds. The highest BCUT2D eigenvalue weighted by atomic mass is 32.2. The van der Waals surface area contributed by atoms with E-state index in [0.29, 0.717) is 24.5 Å². The van der Waals surface area contributed by atoms with Crippen molar-refractivity contribution in [2.24, 2.45) is 0 Å². The molecule has 0 aliphatic carbocycles. The molecule has 1 N–H and O–H groups in total. The zero-order valence-corrected chi connectivity index (χ0v) is 17.2. The normalized spacial score (nSPS) is 14.1. The molecule has 2 heterocycles. The summed E-state index contributed by atoms with van der Waals surface area (Å²) in [6, 6.07) is 5.83. The van der Waals surface area contributed by atoms with Crippen LogP contribution in [0.3, 0.4) is 0 Å². The van der Waals surface area contributed by atoms with Crippen LogP contribution in [0.4, 0.5) is 5.88 Å². The third-order valence-corrected chi connectivity index (χ3v) is 6.54. The molecule has 0 saturated heterocycles. The lowest BCUT2D eigenvalue weighted by Gasteiger charge is -2.29. The maximum atomic E-state index is 12.7. The molecule has 1 aliphatic heterocycles. The number of furan rings is 1. The summed E-state index contributed by atoms with van der Waals surface area (Å²) in [5.74, 6) is -0.744. The van der Waals surface area contributed by atoms with Crippen molar-refractivity contribution in [1.29, 1.82) is 0 Å². The van der Waals surface area contributed by atoms with Crippen molar-refractivity contribution in [3.63, 3.8) is 0 Å². The molecule has 162 valence electrons. The van der Waals surface area contributed by atoms with Crippen molar-refractivity contribution in [2.45, 2.75) is 13.0 Å². The number of sulfonamides is 1. The number of nitrogens with one attached hydrogen (secondary N) is 1. The molecule has 0 spiro atoms. The van der Waals surface area contributed by atoms with Crippen LogP contribution in [0.1, 0.15) is 21.7 Å². The SMILES string of the molecule is COc1cc2c(cc1OC)CN(S(=O)(=O)CCNC(=O)c1ccc([N+](=O)[O-])o1)CC2. The molecule has 1 aromatic heterocycles. The molecular weight excluding hydrogens is 418 g/mol. The van der Waals surface area contributed by atoms with E-state index in [1.54, 1.807) is 13.2 Å². The molecule has 2 aromatic rings. The van der Waals surface area contributed by atoms with Gasteiger partial charge in [-0.05, 0) is 35.7 Å². The molecule has 3 rings (SSSR count). The highest BCUT2D eigenvalue weighted by molar-refractivity contribution is 7.89. The number of hydrogen-bond acceptors (Lipinski definition) is 8. The lowest BCUT2D eigenvalue weighted by atomic mass is 10.0. The van der Waals surface area contributed by atoms with Crippen LogP contribution in [0.25, 0.3) is 0 Å². The standard InChI is InChI=1S/C18H21N3O8S/c1-27-15-9-12-5-7-20(11-13(12)10-16(15)28-2)30(25,26)8-6-19-18(22)14-3-4-17(29-14)21(23)24/h3-4,9-10H,5-8,11H2,1-2H3,(H,19,22). The maximum Gasteiger partial charge on any atom is 0.433 e. The Morgan fingerprint density at radius 1 is 1.23 bits per heavy atom. The first-order valence-corrected chi connectivity index (χ1v) is 10.6. The van der Waals surface area contributed by atoms with Crippen molar-refractivity contribution >= 4 is 21.8 Å². The Balaban J connectivity index is 1.61. The molecule has 0 saturated carbocycles. The van der Waals surface area contributed by atoms with E-state index in [-0.39, 0.29) is 24.6 Å². The molecule has 11 nitrogen and oxygen atoms in total. The van der Waals surface area contributed by atoms with E-state index in [1.165, 1.54) is 11.4 Å². The monoisotopic (exact) mass is 439 g/mol. The number of carbonyl (C=O) groups excluding carboxylic acids is 1. The summed E-state index contributed by atoms with van der Waals surface area (Å²) in [5.41, 5.74) is 1.82. The van der Waals surface area contributed by atoms with Gasteiger partial charge in [-0.1, -0.05) is 0 Å². The summed E-state index contributed by atoms with van der Waals surface area (Å²) in [5, 5.41) is 13.0. The van der Waals surface area contributed by atoms with Crippen molar-refractivity contribution < 1.29 is 32.0 Å². The third kappa shape index (κ3) is 4.54. The molecule has 0 atom stereocenters. The van der Waals surface area contributed by atoms with Gasteiger partial charge in [0.2, 0.25) is 10.0 Å². The zero-order chi connectivity index (χ0) is 21.9. The molecular formula is C18H21N3O8S. The average molecular weight is 439 g/mol. The number of nitrogens with zero attached hydrogens (tertiary/aromatic N) is 2. The maximum absolute atomic E-state index is 12.7. The number of amides is 1. The van der Waals surface area contributed by atoms with Gasteiger partial charge in [0.25, 0.3) is 5.91 Å². The Morgan fingerprint density at radius 3 is 2.50 bits per heavy atom. The van der Waals surface area contributed by atoms with E-state index in [1.807, 2.05) is 6.07 Å². The second kappa shape index (κ2) is 8.71. The minimum atomic E-state index is -3.64. The molecule has 12 heteroatoms. The van der Waals surface area contributed by atoms with Gasteiger partial charge in [-0.3, -0.25) is 14.9 Å². The lowest BCUT2D eigenvalue weighted by molar-refractivity contribution is -0.402. The predicted molar refractivity (Wildman–Crippen MR) is 105 cm³/mol. The van der Waals surface area contributed by atoms with Gasteiger partial charge in [-0.25, -0.2) is 8.42 Å². The van der Waals surface area contributed by atoms with Crippen LogP contribution in [0.2, 0.25) is 0 Å². The minimum Gasteiger partial charge on any atom is -0.493 e. The lowest BCUT2D eigenvalue weighted by Crippen LogP contribution is -2.40. The Hall–Kier alpha value is -3.12. The van der Waals surface area contributed by atoms with E-state index < -0.39 is 26.7 Å². The van der Waals surface area contributed by atoms with Gasteiger partial charge >= 0.3 is 5.88 Å². The van der Waals surface area contributed by atoms with Gasteiger partial charge in [-0.15, -0.1) is 0 Å². The van der Waals surface area contributed by atoms with Crippen molar-refractivity contribution in [2.75, 3.05) is 33.1 Å². The summed E-state index contributed by atoms with van der Waals surface area (Å²) in [6.07, 6.45) is 0.525. The van der Waals surface area contributed by atoms with Crippen LogP contribution >= 0.6 is 0 Å². The van der Waals surface area contributed by atoms with Crippen LogP contribution in [0.5, 0.6) is 11.5 Å². The summed E-state index contributed by atoms with van der Waals surface area (Å²) in [4.78, 5) is 21.8. The van der Waals surface area contributed by atoms with Gasteiger partial charge in [0.1, 0.15) is 4.92 Å². The molecule has 0 unspecified atom stereocenters. The second-order valence-electron chi connectivity index (χ2n) is 6.53. The number of carbonyl (C=O) groups is 1. The highest BCUT2D eigenvalue weighted by Gasteiger charge is 2.28. The number of benzene rings is 1. The fraction of sp³-hybridized carbons (Fsp3) is 0.389. The molecule has 30 heavy (non-hydrogen) atoms. The highest BCUT2D eigenvalue weighted by Crippen LogP contribution is 2.33. The number of ether oxygens (including phenoxy) is 2. The Morgan fingerprint density at radius 2 is 1.90 bits per heavy atom. The third-order valence-electron chi connectivity index (χ3n) is 4.72. The largest absolute Gasteiger partial charge is 0.493 e. The quantitative estimate of drug-likeness (QED) is 0.480. The van der Waals surface area contributed by atoms with Gasteiger partial charge < -0.3 is 19.2 Å². The Kier molecular flexibility index (Phi) is 6.27. The summed E-state index contributed by atoms with van der Waals surface area (Å²) in [6.45, 7) is 0.338. The van der Waals surface area contributed by atoms with Crippen molar-refractivity contribution in [3.05, 3.63) is 51.3 Å². The number of nitro groups is 1. The molecule has 1 aliphatic rings. The van der Waals surface area contributed by atoms with Gasteiger partial charge in [0, 0.05) is 19.6 Å². The summed E-state index contributed by atoms with van der Waals surface area (Å²) < 4.78 is 42.1. The fourth-order valence-electron chi connectivity index (χ4n) is 3.15. The van der Waals surface area contributed by atoms with Crippen molar-refractivity contribution in [1.82, 2.24) is 9.62 Å². The van der Waals surface area contributed by atoms with E-state index in [2.05, 4.69) is 5.32 Å². The fourth-order valence-corrected chi connectivity index (χ4v) is 4.48. The first-order chi connectivity index (χ1) is 14.2. The molecule has 0 radical (unpaired) electrons. The van der Waals surface area contributed by atoms with Gasteiger partial charge in [-0.2, -0.15) is 4.31 Å². The molecule has 0 fully saturated rings. The smallest absolute Gasteiger partial charge is 0.433 e. The Bertz CT molecular complexity index is 1060.